The lowest BCUT2D eigenvalue weighted by atomic mass is 9.95. The molecule has 0 radical (unpaired) electrons. The van der Waals surface area contributed by atoms with Gasteiger partial charge in [0.2, 0.25) is 0 Å². The molecule has 1 rings (SSSR count). The zero-order chi connectivity index (χ0) is 14.4. The Bertz CT molecular complexity index is 452. The number of phenols is 1. The summed E-state index contributed by atoms with van der Waals surface area (Å²) in [5.41, 5.74) is 2.62. The van der Waals surface area contributed by atoms with E-state index in [9.17, 15) is 9.90 Å². The van der Waals surface area contributed by atoms with Gasteiger partial charge in [0.15, 0.2) is 11.5 Å². The van der Waals surface area contributed by atoms with Crippen molar-refractivity contribution in [1.82, 2.24) is 0 Å². The Kier molecular flexibility index (Phi) is 5.67. The molecular weight excluding hydrogens is 244 g/mol. The predicted molar refractivity (Wildman–Crippen MR) is 74.1 cm³/mol. The number of hydrogen-bond donors (Lipinski definition) is 2. The monoisotopic (exact) mass is 266 g/mol. The quantitative estimate of drug-likeness (QED) is 0.605. The number of phenolic OH excluding ortho intramolecular Hbond substituents is 1. The fourth-order valence-electron chi connectivity index (χ4n) is 2.22. The van der Waals surface area contributed by atoms with Gasteiger partial charge in [0, 0.05) is 5.56 Å². The molecule has 19 heavy (non-hydrogen) atoms. The highest BCUT2D eigenvalue weighted by molar-refractivity contribution is 5.66. The van der Waals surface area contributed by atoms with Crippen LogP contribution in [0.25, 0.3) is 0 Å². The van der Waals surface area contributed by atoms with Crippen molar-refractivity contribution in [3.05, 3.63) is 22.8 Å². The molecule has 4 nitrogen and oxygen atoms in total. The van der Waals surface area contributed by atoms with Crippen molar-refractivity contribution >= 4 is 6.16 Å². The van der Waals surface area contributed by atoms with Crippen LogP contribution in [0.1, 0.15) is 50.3 Å². The summed E-state index contributed by atoms with van der Waals surface area (Å²) in [5.74, 6) is 0.0883. The van der Waals surface area contributed by atoms with E-state index < -0.39 is 6.16 Å². The van der Waals surface area contributed by atoms with Crippen molar-refractivity contribution in [2.75, 3.05) is 0 Å². The molecule has 0 aliphatic heterocycles. The maximum atomic E-state index is 10.7. The van der Waals surface area contributed by atoms with Crippen LogP contribution in [0.2, 0.25) is 0 Å². The molecule has 0 saturated carbocycles. The molecule has 1 aromatic rings. The van der Waals surface area contributed by atoms with Gasteiger partial charge in [-0.1, -0.05) is 33.3 Å². The van der Waals surface area contributed by atoms with Gasteiger partial charge >= 0.3 is 6.16 Å². The minimum absolute atomic E-state index is 0.00736. The second kappa shape index (κ2) is 7.02. The smallest absolute Gasteiger partial charge is 0.504 e. The largest absolute Gasteiger partial charge is 0.511 e. The van der Waals surface area contributed by atoms with Crippen LogP contribution in [-0.2, 0) is 19.3 Å². The van der Waals surface area contributed by atoms with Crippen molar-refractivity contribution in [2.24, 2.45) is 0 Å². The summed E-state index contributed by atoms with van der Waals surface area (Å²) in [6, 6.07) is 1.95. The van der Waals surface area contributed by atoms with Gasteiger partial charge in [0.05, 0.1) is 0 Å². The first-order valence-electron chi connectivity index (χ1n) is 6.82. The number of carboxylic acid groups (broad SMARTS) is 1. The molecule has 106 valence electrons. The van der Waals surface area contributed by atoms with Crippen molar-refractivity contribution in [2.45, 2.75) is 52.9 Å². The first-order valence-corrected chi connectivity index (χ1v) is 6.82. The Morgan fingerprint density at radius 1 is 1.21 bits per heavy atom. The molecule has 0 fully saturated rings. The zero-order valence-corrected chi connectivity index (χ0v) is 11.8. The first kappa shape index (κ1) is 15.3. The second-order valence-electron chi connectivity index (χ2n) is 4.53. The number of hydrogen-bond acceptors (Lipinski definition) is 3. The molecule has 4 heteroatoms. The van der Waals surface area contributed by atoms with E-state index in [4.69, 9.17) is 9.84 Å². The summed E-state index contributed by atoms with van der Waals surface area (Å²) >= 11 is 0. The lowest BCUT2D eigenvalue weighted by molar-refractivity contribution is 0.142. The van der Waals surface area contributed by atoms with Gasteiger partial charge in [-0.15, -0.1) is 0 Å². The summed E-state index contributed by atoms with van der Waals surface area (Å²) in [6.45, 7) is 6.02. The number of ether oxygens (including phenoxy) is 1. The molecule has 0 spiro atoms. The zero-order valence-electron chi connectivity index (χ0n) is 11.8. The van der Waals surface area contributed by atoms with Gasteiger partial charge in [0.1, 0.15) is 0 Å². The number of rotatable bonds is 6. The highest BCUT2D eigenvalue weighted by Gasteiger charge is 2.19. The van der Waals surface area contributed by atoms with Crippen molar-refractivity contribution in [1.29, 1.82) is 0 Å². The third-order valence-corrected chi connectivity index (χ3v) is 3.26. The van der Waals surface area contributed by atoms with Gasteiger partial charge < -0.3 is 14.9 Å². The van der Waals surface area contributed by atoms with Crippen LogP contribution in [0.4, 0.5) is 4.79 Å². The van der Waals surface area contributed by atoms with Crippen molar-refractivity contribution < 1.29 is 19.7 Å². The number of aryl methyl sites for hydroxylation is 2. The molecule has 0 unspecified atom stereocenters. The molecule has 0 bridgehead atoms. The van der Waals surface area contributed by atoms with E-state index in [1.165, 1.54) is 0 Å². The summed E-state index contributed by atoms with van der Waals surface area (Å²) < 4.78 is 4.75. The van der Waals surface area contributed by atoms with E-state index in [0.717, 1.165) is 42.4 Å². The van der Waals surface area contributed by atoms with E-state index in [1.54, 1.807) is 0 Å². The van der Waals surface area contributed by atoms with Gasteiger partial charge in [-0.3, -0.25) is 0 Å². The van der Waals surface area contributed by atoms with Crippen LogP contribution >= 0.6 is 0 Å². The van der Waals surface area contributed by atoms with Crippen LogP contribution < -0.4 is 4.74 Å². The van der Waals surface area contributed by atoms with E-state index >= 15 is 0 Å². The van der Waals surface area contributed by atoms with E-state index in [0.29, 0.717) is 6.42 Å². The maximum absolute atomic E-state index is 10.7. The molecule has 1 aromatic carbocycles. The molecule has 0 saturated heterocycles. The van der Waals surface area contributed by atoms with E-state index in [2.05, 4.69) is 6.92 Å². The van der Waals surface area contributed by atoms with Crippen LogP contribution in [0.15, 0.2) is 6.07 Å². The summed E-state index contributed by atoms with van der Waals surface area (Å²) in [4.78, 5) is 10.7. The Morgan fingerprint density at radius 2 is 1.84 bits per heavy atom. The van der Waals surface area contributed by atoms with Gasteiger partial charge in [-0.2, -0.15) is 0 Å². The van der Waals surface area contributed by atoms with Gasteiger partial charge in [-0.25, -0.2) is 4.79 Å². The average Bonchev–Trinajstić information content (AvgIpc) is 2.39. The standard InChI is InChI=1S/C15H22O4/c1-4-7-8-12-10(5-2)9-11(6-3)14(13(12)16)19-15(17)18/h9,16H,4-8H2,1-3H3,(H,17,18). The van der Waals surface area contributed by atoms with Crippen molar-refractivity contribution in [3.8, 4) is 11.5 Å². The third-order valence-electron chi connectivity index (χ3n) is 3.26. The summed E-state index contributed by atoms with van der Waals surface area (Å²) in [5, 5.41) is 19.1. The maximum Gasteiger partial charge on any atom is 0.511 e. The van der Waals surface area contributed by atoms with Crippen LogP contribution in [-0.4, -0.2) is 16.4 Å². The fourth-order valence-corrected chi connectivity index (χ4v) is 2.22. The Labute approximate surface area is 114 Å². The molecule has 2 N–H and O–H groups in total. The molecule has 0 aliphatic carbocycles. The fraction of sp³-hybridized carbons (Fsp3) is 0.533. The number of unbranched alkanes of at least 4 members (excludes halogenated alkanes) is 1. The van der Waals surface area contributed by atoms with E-state index in [1.807, 2.05) is 19.9 Å². The second-order valence-corrected chi connectivity index (χ2v) is 4.53. The van der Waals surface area contributed by atoms with Crippen LogP contribution in [0.5, 0.6) is 11.5 Å². The molecule has 0 atom stereocenters. The predicted octanol–water partition coefficient (Wildman–Crippen LogP) is 3.92. The molecular formula is C15H22O4. The van der Waals surface area contributed by atoms with Gasteiger partial charge in [-0.05, 0) is 36.8 Å². The molecule has 0 amide bonds. The Balaban J connectivity index is 3.31. The van der Waals surface area contributed by atoms with E-state index in [-0.39, 0.29) is 11.5 Å². The van der Waals surface area contributed by atoms with Crippen molar-refractivity contribution in [3.63, 3.8) is 0 Å². The average molecular weight is 266 g/mol. The van der Waals surface area contributed by atoms with Crippen LogP contribution in [0, 0.1) is 0 Å². The number of carbonyl (C=O) groups is 1. The van der Waals surface area contributed by atoms with Crippen LogP contribution in [0.3, 0.4) is 0 Å². The Hall–Kier alpha value is -1.71. The number of aromatic hydroxyl groups is 1. The first-order chi connectivity index (χ1) is 9.04. The van der Waals surface area contributed by atoms with Gasteiger partial charge in [0.25, 0.3) is 0 Å². The highest BCUT2D eigenvalue weighted by atomic mass is 16.7. The molecule has 0 aliphatic rings. The minimum Gasteiger partial charge on any atom is -0.504 e. The highest BCUT2D eigenvalue weighted by Crippen LogP contribution is 2.38. The SMILES string of the molecule is CCCCc1c(CC)cc(CC)c(OC(=O)O)c1O. The summed E-state index contributed by atoms with van der Waals surface area (Å²) in [6.07, 6.45) is 2.76. The lowest BCUT2D eigenvalue weighted by Crippen LogP contribution is -2.08. The number of benzene rings is 1. The minimum atomic E-state index is -1.39. The molecule has 0 heterocycles. The Morgan fingerprint density at radius 3 is 2.32 bits per heavy atom. The topological polar surface area (TPSA) is 66.8 Å². The summed E-state index contributed by atoms with van der Waals surface area (Å²) in [7, 11) is 0. The normalized spacial score (nSPS) is 10.5. The lowest BCUT2D eigenvalue weighted by Gasteiger charge is -2.16. The molecule has 0 aromatic heterocycles. The third kappa shape index (κ3) is 3.63.